The average Bonchev–Trinajstić information content (AvgIpc) is 2.34. The molecule has 1 unspecified atom stereocenters. The van der Waals surface area contributed by atoms with Crippen LogP contribution >= 0.6 is 0 Å². The third-order valence-corrected chi connectivity index (χ3v) is 2.14. The summed E-state index contributed by atoms with van der Waals surface area (Å²) in [6, 6.07) is 5.82. The molecule has 0 N–H and O–H groups in total. The van der Waals surface area contributed by atoms with Gasteiger partial charge in [0.05, 0.1) is 0 Å². The molecule has 0 amide bonds. The lowest BCUT2D eigenvalue weighted by Crippen LogP contribution is -2.21. The minimum Gasteiger partial charge on any atom is -0.462 e. The number of esters is 2. The Hall–Kier alpha value is -2.17. The van der Waals surface area contributed by atoms with Crippen LogP contribution in [0.4, 0.5) is 4.39 Å². The molecule has 0 fully saturated rings. The molecule has 4 nitrogen and oxygen atoms in total. The van der Waals surface area contributed by atoms with Crippen molar-refractivity contribution in [1.29, 1.82) is 0 Å². The molecule has 1 aromatic carbocycles. The molecule has 0 heterocycles. The minimum atomic E-state index is -0.661. The summed E-state index contributed by atoms with van der Waals surface area (Å²) < 4.78 is 22.5. The molecule has 0 aromatic heterocycles. The third kappa shape index (κ3) is 6.35. The van der Waals surface area contributed by atoms with E-state index in [9.17, 15) is 14.0 Å². The van der Waals surface area contributed by atoms with Crippen LogP contribution in [-0.4, -0.2) is 24.6 Å². The molecule has 0 saturated carbocycles. The van der Waals surface area contributed by atoms with E-state index in [0.717, 1.165) is 5.56 Å². The van der Waals surface area contributed by atoms with Crippen LogP contribution in [0.3, 0.4) is 0 Å². The standard InChI is InChI=1S/C14H15FO4/c1-10(16)18-9-14(19-11(2)17)8-5-12-3-6-13(15)7-4-12/h3-8,14H,9H2,1-2H3/b8-5+. The van der Waals surface area contributed by atoms with Crippen molar-refractivity contribution in [3.63, 3.8) is 0 Å². The van der Waals surface area contributed by atoms with Gasteiger partial charge < -0.3 is 9.47 Å². The Balaban J connectivity index is 2.66. The number of benzene rings is 1. The number of hydrogen-bond donors (Lipinski definition) is 0. The van der Waals surface area contributed by atoms with Crippen LogP contribution in [0.5, 0.6) is 0 Å². The topological polar surface area (TPSA) is 52.6 Å². The van der Waals surface area contributed by atoms with Gasteiger partial charge in [0.25, 0.3) is 0 Å². The molecule has 0 radical (unpaired) electrons. The number of halogens is 1. The van der Waals surface area contributed by atoms with Gasteiger partial charge in [0, 0.05) is 13.8 Å². The molecule has 0 bridgehead atoms. The van der Waals surface area contributed by atoms with Crippen LogP contribution in [0.25, 0.3) is 6.08 Å². The van der Waals surface area contributed by atoms with Crippen molar-refractivity contribution in [3.05, 3.63) is 41.7 Å². The molecule has 0 saturated heterocycles. The number of ether oxygens (including phenoxy) is 2. The van der Waals surface area contributed by atoms with Crippen molar-refractivity contribution in [2.45, 2.75) is 20.0 Å². The first-order valence-electron chi connectivity index (χ1n) is 5.71. The highest BCUT2D eigenvalue weighted by atomic mass is 19.1. The minimum absolute atomic E-state index is 0.0490. The Morgan fingerprint density at radius 3 is 2.37 bits per heavy atom. The highest BCUT2D eigenvalue weighted by molar-refractivity contribution is 5.67. The van der Waals surface area contributed by atoms with Crippen molar-refractivity contribution in [1.82, 2.24) is 0 Å². The summed E-state index contributed by atoms with van der Waals surface area (Å²) in [5.41, 5.74) is 0.751. The van der Waals surface area contributed by atoms with E-state index in [1.807, 2.05) is 0 Å². The summed E-state index contributed by atoms with van der Waals surface area (Å²) in [5, 5.41) is 0. The van der Waals surface area contributed by atoms with E-state index in [4.69, 9.17) is 9.47 Å². The second-order valence-corrected chi connectivity index (χ2v) is 3.86. The number of hydrogen-bond acceptors (Lipinski definition) is 4. The monoisotopic (exact) mass is 266 g/mol. The molecule has 1 aromatic rings. The zero-order chi connectivity index (χ0) is 14.3. The smallest absolute Gasteiger partial charge is 0.303 e. The Morgan fingerprint density at radius 1 is 1.21 bits per heavy atom. The van der Waals surface area contributed by atoms with Gasteiger partial charge >= 0.3 is 11.9 Å². The molecule has 0 aliphatic rings. The second kappa shape index (κ2) is 7.31. The molecule has 0 spiro atoms. The lowest BCUT2D eigenvalue weighted by Gasteiger charge is -2.12. The van der Waals surface area contributed by atoms with Crippen molar-refractivity contribution in [3.8, 4) is 0 Å². The summed E-state index contributed by atoms with van der Waals surface area (Å²) in [6.45, 7) is 2.49. The quantitative estimate of drug-likeness (QED) is 0.767. The second-order valence-electron chi connectivity index (χ2n) is 3.86. The van der Waals surface area contributed by atoms with E-state index in [1.54, 1.807) is 24.3 Å². The fourth-order valence-electron chi connectivity index (χ4n) is 1.33. The van der Waals surface area contributed by atoms with Gasteiger partial charge in [-0.3, -0.25) is 9.59 Å². The van der Waals surface area contributed by atoms with Crippen LogP contribution in [-0.2, 0) is 19.1 Å². The van der Waals surface area contributed by atoms with Crippen LogP contribution in [0.2, 0.25) is 0 Å². The lowest BCUT2D eigenvalue weighted by molar-refractivity contribution is -0.153. The van der Waals surface area contributed by atoms with Crippen LogP contribution in [0.15, 0.2) is 30.3 Å². The predicted molar refractivity (Wildman–Crippen MR) is 67.6 cm³/mol. The summed E-state index contributed by atoms with van der Waals surface area (Å²) >= 11 is 0. The van der Waals surface area contributed by atoms with Crippen molar-refractivity contribution >= 4 is 18.0 Å². The molecule has 0 aliphatic carbocycles. The van der Waals surface area contributed by atoms with Crippen molar-refractivity contribution in [2.24, 2.45) is 0 Å². The average molecular weight is 266 g/mol. The van der Waals surface area contributed by atoms with Crippen molar-refractivity contribution < 1.29 is 23.5 Å². The first-order chi connectivity index (χ1) is 8.97. The van der Waals surface area contributed by atoms with E-state index in [-0.39, 0.29) is 12.4 Å². The van der Waals surface area contributed by atoms with Gasteiger partial charge in [0.2, 0.25) is 0 Å². The van der Waals surface area contributed by atoms with Crippen LogP contribution < -0.4 is 0 Å². The molecule has 5 heteroatoms. The molecular formula is C14H15FO4. The highest BCUT2D eigenvalue weighted by Crippen LogP contribution is 2.07. The fourth-order valence-corrected chi connectivity index (χ4v) is 1.33. The SMILES string of the molecule is CC(=O)OCC(/C=C/c1ccc(F)cc1)OC(C)=O. The molecule has 102 valence electrons. The normalized spacial score (nSPS) is 12.2. The maximum atomic E-state index is 12.7. The molecule has 19 heavy (non-hydrogen) atoms. The van der Waals surface area contributed by atoms with E-state index < -0.39 is 18.0 Å². The van der Waals surface area contributed by atoms with Crippen molar-refractivity contribution in [2.75, 3.05) is 6.61 Å². The van der Waals surface area contributed by atoms with E-state index in [2.05, 4.69) is 0 Å². The molecule has 0 aliphatic heterocycles. The first-order valence-corrected chi connectivity index (χ1v) is 5.71. The summed E-state index contributed by atoms with van der Waals surface area (Å²) in [7, 11) is 0. The Labute approximate surface area is 110 Å². The number of carbonyl (C=O) groups is 2. The maximum Gasteiger partial charge on any atom is 0.303 e. The zero-order valence-corrected chi connectivity index (χ0v) is 10.8. The third-order valence-electron chi connectivity index (χ3n) is 2.14. The number of carbonyl (C=O) groups excluding carboxylic acids is 2. The van der Waals surface area contributed by atoms with E-state index in [1.165, 1.54) is 26.0 Å². The predicted octanol–water partition coefficient (Wildman–Crippen LogP) is 2.33. The van der Waals surface area contributed by atoms with Crippen LogP contribution in [0.1, 0.15) is 19.4 Å². The van der Waals surface area contributed by atoms with Gasteiger partial charge in [-0.15, -0.1) is 0 Å². The number of rotatable bonds is 5. The van der Waals surface area contributed by atoms with E-state index >= 15 is 0 Å². The van der Waals surface area contributed by atoms with E-state index in [0.29, 0.717) is 0 Å². The van der Waals surface area contributed by atoms with Gasteiger partial charge in [0.1, 0.15) is 12.4 Å². The van der Waals surface area contributed by atoms with Crippen LogP contribution in [0, 0.1) is 5.82 Å². The molecule has 1 rings (SSSR count). The largest absolute Gasteiger partial charge is 0.462 e. The summed E-state index contributed by atoms with van der Waals surface area (Å²) in [6.07, 6.45) is 2.58. The Morgan fingerprint density at radius 2 is 1.84 bits per heavy atom. The summed E-state index contributed by atoms with van der Waals surface area (Å²) in [4.78, 5) is 21.6. The zero-order valence-electron chi connectivity index (χ0n) is 10.8. The molecule has 1 atom stereocenters. The Kier molecular flexibility index (Phi) is 5.73. The highest BCUT2D eigenvalue weighted by Gasteiger charge is 2.10. The fraction of sp³-hybridized carbons (Fsp3) is 0.286. The Bertz CT molecular complexity index is 465. The first kappa shape index (κ1) is 14.9. The van der Waals surface area contributed by atoms with Gasteiger partial charge in [-0.25, -0.2) is 4.39 Å². The van der Waals surface area contributed by atoms with Gasteiger partial charge in [-0.2, -0.15) is 0 Å². The maximum absolute atomic E-state index is 12.7. The van der Waals surface area contributed by atoms with Gasteiger partial charge in [-0.1, -0.05) is 18.2 Å². The lowest BCUT2D eigenvalue weighted by atomic mass is 10.2. The molecular weight excluding hydrogens is 251 g/mol. The van der Waals surface area contributed by atoms with Gasteiger partial charge in [-0.05, 0) is 23.8 Å². The summed E-state index contributed by atoms with van der Waals surface area (Å²) in [5.74, 6) is -1.25. The van der Waals surface area contributed by atoms with Gasteiger partial charge in [0.15, 0.2) is 6.10 Å².